The molecule has 0 spiro atoms. The quantitative estimate of drug-likeness (QED) is 0.874. The molecule has 1 aliphatic carbocycles. The van der Waals surface area contributed by atoms with E-state index in [1.807, 2.05) is 24.6 Å². The molecule has 2 aromatic rings. The molecule has 3 rings (SSSR count). The molecular weight excluding hydrogens is 288 g/mol. The molecule has 0 amide bonds. The number of benzene rings is 1. The highest BCUT2D eigenvalue weighted by Gasteiger charge is 2.21. The molecule has 0 radical (unpaired) electrons. The first-order chi connectivity index (χ1) is 11.2. The van der Waals surface area contributed by atoms with E-state index in [2.05, 4.69) is 18.2 Å². The van der Waals surface area contributed by atoms with Gasteiger partial charge in [-0.15, -0.1) is 0 Å². The first-order valence-corrected chi connectivity index (χ1v) is 8.35. The van der Waals surface area contributed by atoms with Gasteiger partial charge in [0, 0.05) is 30.2 Å². The Balaban J connectivity index is 2.14. The van der Waals surface area contributed by atoms with E-state index in [1.54, 1.807) is 0 Å². The summed E-state index contributed by atoms with van der Waals surface area (Å²) in [4.78, 5) is 12.3. The van der Waals surface area contributed by atoms with E-state index in [0.29, 0.717) is 18.7 Å². The van der Waals surface area contributed by atoms with Crippen LogP contribution in [0.15, 0.2) is 24.3 Å². The molecule has 0 atom stereocenters. The second kappa shape index (κ2) is 6.59. The fourth-order valence-corrected chi connectivity index (χ4v) is 3.46. The number of hydrogen-bond donors (Lipinski definition) is 1. The van der Waals surface area contributed by atoms with Gasteiger partial charge >= 0.3 is 5.97 Å². The van der Waals surface area contributed by atoms with Gasteiger partial charge in [0.05, 0.1) is 12.2 Å². The molecule has 122 valence electrons. The molecule has 1 heterocycles. The standard InChI is InChI=1S/C19H24N2O2/c1-3-23-19(22)18-15-10-9-14(13-7-5-4-6-8-13)11-16(15)21(2)17(18)12-20/h7,9-11H,3-6,8,12,20H2,1-2H3. The fraction of sp³-hybridized carbons (Fsp3) is 0.421. The highest BCUT2D eigenvalue weighted by Crippen LogP contribution is 2.32. The van der Waals surface area contributed by atoms with Gasteiger partial charge < -0.3 is 15.0 Å². The van der Waals surface area contributed by atoms with Crippen molar-refractivity contribution in [2.45, 2.75) is 39.2 Å². The zero-order valence-corrected chi connectivity index (χ0v) is 13.9. The van der Waals surface area contributed by atoms with Crippen molar-refractivity contribution in [2.24, 2.45) is 12.8 Å². The van der Waals surface area contributed by atoms with E-state index in [4.69, 9.17) is 10.5 Å². The predicted octanol–water partition coefficient (Wildman–Crippen LogP) is 3.77. The number of aryl methyl sites for hydroxylation is 1. The number of aromatic nitrogens is 1. The highest BCUT2D eigenvalue weighted by molar-refractivity contribution is 6.06. The molecule has 0 aliphatic heterocycles. The topological polar surface area (TPSA) is 57.2 Å². The summed E-state index contributed by atoms with van der Waals surface area (Å²) >= 11 is 0. The van der Waals surface area contributed by atoms with Crippen LogP contribution in [-0.4, -0.2) is 17.1 Å². The molecule has 2 N–H and O–H groups in total. The maximum atomic E-state index is 12.3. The minimum Gasteiger partial charge on any atom is -0.462 e. The van der Waals surface area contributed by atoms with Crippen LogP contribution in [0.1, 0.15) is 54.2 Å². The van der Waals surface area contributed by atoms with E-state index in [-0.39, 0.29) is 5.97 Å². The average molecular weight is 312 g/mol. The van der Waals surface area contributed by atoms with Crippen LogP contribution in [-0.2, 0) is 18.3 Å². The molecule has 4 nitrogen and oxygen atoms in total. The maximum absolute atomic E-state index is 12.3. The van der Waals surface area contributed by atoms with Gasteiger partial charge in [-0.3, -0.25) is 0 Å². The molecule has 0 fully saturated rings. The molecule has 4 heteroatoms. The lowest BCUT2D eigenvalue weighted by Crippen LogP contribution is -2.12. The summed E-state index contributed by atoms with van der Waals surface area (Å²) in [7, 11) is 1.96. The van der Waals surface area contributed by atoms with Gasteiger partial charge in [0.15, 0.2) is 0 Å². The van der Waals surface area contributed by atoms with E-state index in [1.165, 1.54) is 24.0 Å². The van der Waals surface area contributed by atoms with Gasteiger partial charge in [-0.25, -0.2) is 4.79 Å². The van der Waals surface area contributed by atoms with Crippen LogP contribution in [0.25, 0.3) is 16.5 Å². The number of allylic oxidation sites excluding steroid dienone is 2. The lowest BCUT2D eigenvalue weighted by molar-refractivity contribution is 0.0527. The van der Waals surface area contributed by atoms with Crippen LogP contribution in [0.2, 0.25) is 0 Å². The SMILES string of the molecule is CCOC(=O)c1c(CN)n(C)c2cc(C3=CCCCC3)ccc12. The molecular formula is C19H24N2O2. The number of carbonyl (C=O) groups is 1. The third kappa shape index (κ3) is 2.79. The van der Waals surface area contributed by atoms with Crippen LogP contribution >= 0.6 is 0 Å². The first-order valence-electron chi connectivity index (χ1n) is 8.35. The molecule has 1 aromatic carbocycles. The molecule has 23 heavy (non-hydrogen) atoms. The highest BCUT2D eigenvalue weighted by atomic mass is 16.5. The zero-order chi connectivity index (χ0) is 16.4. The Morgan fingerprint density at radius 3 is 2.83 bits per heavy atom. The number of esters is 1. The van der Waals surface area contributed by atoms with Crippen molar-refractivity contribution in [1.82, 2.24) is 4.57 Å². The Hall–Kier alpha value is -2.07. The van der Waals surface area contributed by atoms with E-state index >= 15 is 0 Å². The van der Waals surface area contributed by atoms with Crippen LogP contribution in [0, 0.1) is 0 Å². The van der Waals surface area contributed by atoms with Crippen molar-refractivity contribution >= 4 is 22.4 Å². The fourth-order valence-electron chi connectivity index (χ4n) is 3.46. The number of ether oxygens (including phenoxy) is 1. The summed E-state index contributed by atoms with van der Waals surface area (Å²) < 4.78 is 7.24. The maximum Gasteiger partial charge on any atom is 0.340 e. The third-order valence-corrected chi connectivity index (χ3v) is 4.66. The summed E-state index contributed by atoms with van der Waals surface area (Å²) in [6.45, 7) is 2.50. The number of hydrogen-bond acceptors (Lipinski definition) is 3. The zero-order valence-electron chi connectivity index (χ0n) is 13.9. The lowest BCUT2D eigenvalue weighted by atomic mass is 9.93. The van der Waals surface area contributed by atoms with Crippen LogP contribution < -0.4 is 5.73 Å². The minimum atomic E-state index is -0.289. The van der Waals surface area contributed by atoms with Gasteiger partial charge in [-0.2, -0.15) is 0 Å². The first kappa shape index (κ1) is 15.8. The number of carbonyl (C=O) groups excluding carboxylic acids is 1. The van der Waals surface area contributed by atoms with Gasteiger partial charge in [0.2, 0.25) is 0 Å². The van der Waals surface area contributed by atoms with Gasteiger partial charge in [-0.1, -0.05) is 18.2 Å². The van der Waals surface area contributed by atoms with E-state index in [9.17, 15) is 4.79 Å². The summed E-state index contributed by atoms with van der Waals surface area (Å²) in [5.41, 5.74) is 11.0. The lowest BCUT2D eigenvalue weighted by Gasteiger charge is -2.13. The second-order valence-electron chi connectivity index (χ2n) is 6.01. The molecule has 0 saturated heterocycles. The molecule has 1 aliphatic rings. The Bertz CT molecular complexity index is 771. The number of nitrogens with two attached hydrogens (primary N) is 1. The Morgan fingerprint density at radius 1 is 1.35 bits per heavy atom. The Kier molecular flexibility index (Phi) is 4.53. The minimum absolute atomic E-state index is 0.289. The Morgan fingerprint density at radius 2 is 2.17 bits per heavy atom. The summed E-state index contributed by atoms with van der Waals surface area (Å²) in [6.07, 6.45) is 7.15. The van der Waals surface area contributed by atoms with Crippen molar-refractivity contribution in [3.63, 3.8) is 0 Å². The van der Waals surface area contributed by atoms with Gasteiger partial charge in [0.25, 0.3) is 0 Å². The van der Waals surface area contributed by atoms with Crippen molar-refractivity contribution < 1.29 is 9.53 Å². The van der Waals surface area contributed by atoms with Crippen molar-refractivity contribution in [3.05, 3.63) is 41.1 Å². The average Bonchev–Trinajstić information content (AvgIpc) is 2.87. The monoisotopic (exact) mass is 312 g/mol. The molecule has 0 bridgehead atoms. The predicted molar refractivity (Wildman–Crippen MR) is 93.2 cm³/mol. The number of fused-ring (bicyclic) bond motifs is 1. The number of rotatable bonds is 4. The largest absolute Gasteiger partial charge is 0.462 e. The van der Waals surface area contributed by atoms with Crippen LogP contribution in [0.5, 0.6) is 0 Å². The molecule has 0 saturated carbocycles. The third-order valence-electron chi connectivity index (χ3n) is 4.66. The summed E-state index contributed by atoms with van der Waals surface area (Å²) in [5.74, 6) is -0.289. The summed E-state index contributed by atoms with van der Waals surface area (Å²) in [5, 5.41) is 0.923. The summed E-state index contributed by atoms with van der Waals surface area (Å²) in [6, 6.07) is 6.32. The number of nitrogens with zero attached hydrogens (tertiary/aromatic N) is 1. The van der Waals surface area contributed by atoms with Crippen molar-refractivity contribution in [3.8, 4) is 0 Å². The van der Waals surface area contributed by atoms with Crippen LogP contribution in [0.3, 0.4) is 0 Å². The second-order valence-corrected chi connectivity index (χ2v) is 6.01. The smallest absolute Gasteiger partial charge is 0.340 e. The normalized spacial score (nSPS) is 14.8. The van der Waals surface area contributed by atoms with Gasteiger partial charge in [-0.05, 0) is 49.8 Å². The molecule has 1 aromatic heterocycles. The van der Waals surface area contributed by atoms with E-state index in [0.717, 1.165) is 29.4 Å². The molecule has 0 unspecified atom stereocenters. The van der Waals surface area contributed by atoms with Gasteiger partial charge in [0.1, 0.15) is 0 Å². The van der Waals surface area contributed by atoms with Crippen LogP contribution in [0.4, 0.5) is 0 Å². The van der Waals surface area contributed by atoms with E-state index < -0.39 is 0 Å². The Labute approximate surface area is 136 Å². The van der Waals surface area contributed by atoms with Crippen molar-refractivity contribution in [2.75, 3.05) is 6.61 Å². The van der Waals surface area contributed by atoms with Crippen molar-refractivity contribution in [1.29, 1.82) is 0 Å².